The molecule has 1 atom stereocenters. The van der Waals surface area contributed by atoms with E-state index in [9.17, 15) is 5.11 Å². The fraction of sp³-hybridized carbons (Fsp3) is 0.250. The van der Waals surface area contributed by atoms with Crippen molar-refractivity contribution in [1.29, 1.82) is 0 Å². The Bertz CT molecular complexity index is 952. The molecule has 0 aromatic heterocycles. The molecule has 6 heteroatoms. The van der Waals surface area contributed by atoms with E-state index in [1.165, 1.54) is 0 Å². The Balaban J connectivity index is 1.65. The Labute approximate surface area is 190 Å². The lowest BCUT2D eigenvalue weighted by Gasteiger charge is -2.17. The summed E-state index contributed by atoms with van der Waals surface area (Å²) in [5.41, 5.74) is 2.83. The standard InChI is InChI=1S/C24H25BrClNO3/c1-2-29-23-13-17(14-27-15-22(28)18-8-4-3-5-9-18)12-20(25)24(23)30-16-19-10-6-7-11-21(19)26/h3-13,22,27-28H,2,14-16H2,1H3/t22-/m1/s1. The topological polar surface area (TPSA) is 50.7 Å². The molecule has 0 saturated carbocycles. The molecule has 0 unspecified atom stereocenters. The first-order valence-electron chi connectivity index (χ1n) is 9.83. The van der Waals surface area contributed by atoms with Crippen molar-refractivity contribution in [2.45, 2.75) is 26.2 Å². The maximum atomic E-state index is 10.3. The second-order valence-corrected chi connectivity index (χ2v) is 8.04. The van der Waals surface area contributed by atoms with Crippen molar-refractivity contribution in [1.82, 2.24) is 5.32 Å². The zero-order valence-electron chi connectivity index (χ0n) is 16.8. The van der Waals surface area contributed by atoms with Crippen LogP contribution >= 0.6 is 27.5 Å². The average molecular weight is 491 g/mol. The zero-order chi connectivity index (χ0) is 21.3. The molecule has 3 aromatic rings. The highest BCUT2D eigenvalue weighted by Gasteiger charge is 2.14. The number of halogens is 2. The summed E-state index contributed by atoms with van der Waals surface area (Å²) in [6, 6.07) is 21.2. The zero-order valence-corrected chi connectivity index (χ0v) is 19.1. The van der Waals surface area contributed by atoms with Crippen LogP contribution in [0.2, 0.25) is 5.02 Å². The minimum Gasteiger partial charge on any atom is -0.490 e. The van der Waals surface area contributed by atoms with Gasteiger partial charge in [0.2, 0.25) is 0 Å². The van der Waals surface area contributed by atoms with Crippen molar-refractivity contribution in [2.75, 3.05) is 13.2 Å². The molecule has 0 radical (unpaired) electrons. The van der Waals surface area contributed by atoms with Crippen LogP contribution in [-0.4, -0.2) is 18.3 Å². The van der Waals surface area contributed by atoms with E-state index in [4.69, 9.17) is 21.1 Å². The largest absolute Gasteiger partial charge is 0.490 e. The predicted molar refractivity (Wildman–Crippen MR) is 124 cm³/mol. The molecule has 0 spiro atoms. The lowest BCUT2D eigenvalue weighted by atomic mass is 10.1. The van der Waals surface area contributed by atoms with E-state index in [0.717, 1.165) is 21.2 Å². The summed E-state index contributed by atoms with van der Waals surface area (Å²) in [4.78, 5) is 0. The summed E-state index contributed by atoms with van der Waals surface area (Å²) in [6.07, 6.45) is -0.556. The van der Waals surface area contributed by atoms with Crippen molar-refractivity contribution in [3.05, 3.63) is 92.9 Å². The molecule has 3 rings (SSSR count). The summed E-state index contributed by atoms with van der Waals surface area (Å²) in [6.45, 7) is 3.86. The van der Waals surface area contributed by atoms with Crippen molar-refractivity contribution in [3.63, 3.8) is 0 Å². The Kier molecular flexibility index (Phi) is 8.58. The van der Waals surface area contributed by atoms with E-state index >= 15 is 0 Å². The molecule has 0 aliphatic rings. The monoisotopic (exact) mass is 489 g/mol. The van der Waals surface area contributed by atoms with E-state index in [0.29, 0.717) is 42.8 Å². The quantitative estimate of drug-likeness (QED) is 0.371. The van der Waals surface area contributed by atoms with Crippen LogP contribution in [0.25, 0.3) is 0 Å². The Morgan fingerprint density at radius 2 is 1.77 bits per heavy atom. The van der Waals surface area contributed by atoms with Gasteiger partial charge in [0.1, 0.15) is 6.61 Å². The van der Waals surface area contributed by atoms with Gasteiger partial charge in [0.25, 0.3) is 0 Å². The number of benzene rings is 3. The Morgan fingerprint density at radius 1 is 1.03 bits per heavy atom. The first-order chi connectivity index (χ1) is 14.6. The highest BCUT2D eigenvalue weighted by atomic mass is 79.9. The van der Waals surface area contributed by atoms with Gasteiger partial charge in [-0.2, -0.15) is 0 Å². The van der Waals surface area contributed by atoms with Gasteiger partial charge < -0.3 is 19.9 Å². The maximum Gasteiger partial charge on any atom is 0.175 e. The van der Waals surface area contributed by atoms with Gasteiger partial charge >= 0.3 is 0 Å². The number of hydrogen-bond donors (Lipinski definition) is 2. The normalized spacial score (nSPS) is 11.9. The molecule has 30 heavy (non-hydrogen) atoms. The van der Waals surface area contributed by atoms with E-state index in [2.05, 4.69) is 21.2 Å². The van der Waals surface area contributed by atoms with Gasteiger partial charge in [-0.25, -0.2) is 0 Å². The number of rotatable bonds is 10. The van der Waals surface area contributed by atoms with E-state index in [-0.39, 0.29) is 0 Å². The smallest absolute Gasteiger partial charge is 0.175 e. The Morgan fingerprint density at radius 3 is 2.50 bits per heavy atom. The molecular weight excluding hydrogens is 466 g/mol. The number of nitrogens with one attached hydrogen (secondary N) is 1. The van der Waals surface area contributed by atoms with E-state index in [1.807, 2.05) is 73.7 Å². The Hall–Kier alpha value is -2.05. The van der Waals surface area contributed by atoms with Gasteiger partial charge in [-0.05, 0) is 52.2 Å². The third-order valence-electron chi connectivity index (χ3n) is 4.55. The second kappa shape index (κ2) is 11.4. The maximum absolute atomic E-state index is 10.3. The SMILES string of the molecule is CCOc1cc(CNC[C@@H](O)c2ccccc2)cc(Br)c1OCc1ccccc1Cl. The highest BCUT2D eigenvalue weighted by Crippen LogP contribution is 2.37. The van der Waals surface area contributed by atoms with E-state index < -0.39 is 6.10 Å². The summed E-state index contributed by atoms with van der Waals surface area (Å²) >= 11 is 9.83. The molecule has 4 nitrogen and oxygen atoms in total. The van der Waals surface area contributed by atoms with Gasteiger partial charge in [0.15, 0.2) is 11.5 Å². The van der Waals surface area contributed by atoms with Gasteiger partial charge in [-0.3, -0.25) is 0 Å². The molecule has 0 saturated heterocycles. The molecule has 0 bridgehead atoms. The van der Waals surface area contributed by atoms with E-state index in [1.54, 1.807) is 0 Å². The lowest BCUT2D eigenvalue weighted by molar-refractivity contribution is 0.174. The summed E-state index contributed by atoms with van der Waals surface area (Å²) in [7, 11) is 0. The molecule has 3 aromatic carbocycles. The van der Waals surface area contributed by atoms with Crippen molar-refractivity contribution in [2.24, 2.45) is 0 Å². The van der Waals surface area contributed by atoms with Crippen LogP contribution in [0.1, 0.15) is 29.7 Å². The van der Waals surface area contributed by atoms with Crippen LogP contribution in [0.15, 0.2) is 71.2 Å². The minimum atomic E-state index is -0.556. The molecule has 0 amide bonds. The van der Waals surface area contributed by atoms with Crippen LogP contribution < -0.4 is 14.8 Å². The minimum absolute atomic E-state index is 0.346. The van der Waals surface area contributed by atoms with Crippen LogP contribution in [0, 0.1) is 0 Å². The number of ether oxygens (including phenoxy) is 2. The number of aliphatic hydroxyl groups is 1. The summed E-state index contributed by atoms with van der Waals surface area (Å²) in [5, 5.41) is 14.3. The number of aliphatic hydroxyl groups excluding tert-OH is 1. The first kappa shape index (κ1) is 22.6. The van der Waals surface area contributed by atoms with Crippen molar-refractivity contribution in [3.8, 4) is 11.5 Å². The van der Waals surface area contributed by atoms with Crippen LogP contribution in [0.3, 0.4) is 0 Å². The highest BCUT2D eigenvalue weighted by molar-refractivity contribution is 9.10. The molecular formula is C24H25BrClNO3. The molecule has 158 valence electrons. The van der Waals surface area contributed by atoms with Gasteiger partial charge in [-0.15, -0.1) is 0 Å². The molecule has 2 N–H and O–H groups in total. The molecule has 0 heterocycles. The van der Waals surface area contributed by atoms with Crippen LogP contribution in [0.5, 0.6) is 11.5 Å². The predicted octanol–water partition coefficient (Wildman–Crippen LogP) is 5.90. The number of hydrogen-bond acceptors (Lipinski definition) is 4. The summed E-state index contributed by atoms with van der Waals surface area (Å²) < 4.78 is 12.6. The third-order valence-corrected chi connectivity index (χ3v) is 5.51. The van der Waals surface area contributed by atoms with Gasteiger partial charge in [-0.1, -0.05) is 60.1 Å². The van der Waals surface area contributed by atoms with Crippen molar-refractivity contribution < 1.29 is 14.6 Å². The average Bonchev–Trinajstić information content (AvgIpc) is 2.75. The molecule has 0 aliphatic heterocycles. The van der Waals surface area contributed by atoms with Crippen LogP contribution in [0.4, 0.5) is 0 Å². The summed E-state index contributed by atoms with van der Waals surface area (Å²) in [5.74, 6) is 1.31. The fourth-order valence-electron chi connectivity index (χ4n) is 3.04. The lowest BCUT2D eigenvalue weighted by Crippen LogP contribution is -2.21. The fourth-order valence-corrected chi connectivity index (χ4v) is 3.83. The van der Waals surface area contributed by atoms with Crippen molar-refractivity contribution >= 4 is 27.5 Å². The third kappa shape index (κ3) is 6.22. The molecule has 0 aliphatic carbocycles. The first-order valence-corrected chi connectivity index (χ1v) is 11.0. The molecule has 0 fully saturated rings. The second-order valence-electron chi connectivity index (χ2n) is 6.78. The van der Waals surface area contributed by atoms with Gasteiger partial charge in [0.05, 0.1) is 17.2 Å². The van der Waals surface area contributed by atoms with Gasteiger partial charge in [0, 0.05) is 23.7 Å². The van der Waals surface area contributed by atoms with Crippen LogP contribution in [-0.2, 0) is 13.2 Å².